The third-order valence-electron chi connectivity index (χ3n) is 4.53. The third kappa shape index (κ3) is 3.63. The van der Waals surface area contributed by atoms with Gasteiger partial charge in [0.15, 0.2) is 0 Å². The SMILES string of the molecule is C[C@H](N[C@H]1CCCc2ccccc21)c1ccc(S(N)(=O)=O)cc1. The lowest BCUT2D eigenvalue weighted by molar-refractivity contribution is 0.415. The van der Waals surface area contributed by atoms with E-state index in [9.17, 15) is 8.42 Å². The molecule has 0 bridgehead atoms. The van der Waals surface area contributed by atoms with Crippen LogP contribution in [-0.4, -0.2) is 8.42 Å². The quantitative estimate of drug-likeness (QED) is 0.905. The maximum absolute atomic E-state index is 11.3. The fraction of sp³-hybridized carbons (Fsp3) is 0.333. The minimum atomic E-state index is -3.63. The van der Waals surface area contributed by atoms with E-state index in [1.807, 2.05) is 12.1 Å². The summed E-state index contributed by atoms with van der Waals surface area (Å²) in [5, 5.41) is 8.81. The molecule has 1 aliphatic carbocycles. The number of nitrogens with two attached hydrogens (primary N) is 1. The Balaban J connectivity index is 1.76. The van der Waals surface area contributed by atoms with Crippen LogP contribution < -0.4 is 10.5 Å². The van der Waals surface area contributed by atoms with Crippen LogP contribution in [0.1, 0.15) is 48.5 Å². The number of primary sulfonamides is 1. The van der Waals surface area contributed by atoms with Gasteiger partial charge in [0.1, 0.15) is 0 Å². The monoisotopic (exact) mass is 330 g/mol. The zero-order chi connectivity index (χ0) is 16.4. The first-order valence-corrected chi connectivity index (χ1v) is 9.46. The van der Waals surface area contributed by atoms with Crippen molar-refractivity contribution in [3.63, 3.8) is 0 Å². The van der Waals surface area contributed by atoms with Crippen LogP contribution in [0, 0.1) is 0 Å². The van der Waals surface area contributed by atoms with Gasteiger partial charge in [0.2, 0.25) is 10.0 Å². The maximum atomic E-state index is 11.3. The highest BCUT2D eigenvalue weighted by Gasteiger charge is 2.21. The zero-order valence-corrected chi connectivity index (χ0v) is 14.0. The van der Waals surface area contributed by atoms with Crippen LogP contribution in [0.5, 0.6) is 0 Å². The van der Waals surface area contributed by atoms with Gasteiger partial charge in [0, 0.05) is 12.1 Å². The first-order valence-electron chi connectivity index (χ1n) is 7.92. The van der Waals surface area contributed by atoms with Gasteiger partial charge in [-0.3, -0.25) is 0 Å². The second-order valence-corrected chi connectivity index (χ2v) is 7.71. The van der Waals surface area contributed by atoms with Crippen molar-refractivity contribution >= 4 is 10.0 Å². The highest BCUT2D eigenvalue weighted by atomic mass is 32.2. The Labute approximate surface area is 137 Å². The van der Waals surface area contributed by atoms with Crippen LogP contribution in [0.2, 0.25) is 0 Å². The Bertz CT molecular complexity index is 785. The summed E-state index contributed by atoms with van der Waals surface area (Å²) in [7, 11) is -3.63. The molecule has 23 heavy (non-hydrogen) atoms. The number of benzene rings is 2. The van der Waals surface area contributed by atoms with Crippen LogP contribution in [-0.2, 0) is 16.4 Å². The van der Waals surface area contributed by atoms with Gasteiger partial charge in [-0.25, -0.2) is 13.6 Å². The van der Waals surface area contributed by atoms with Gasteiger partial charge >= 0.3 is 0 Å². The molecular formula is C18H22N2O2S. The Morgan fingerprint density at radius 2 is 1.83 bits per heavy atom. The van der Waals surface area contributed by atoms with Crippen molar-refractivity contribution in [1.29, 1.82) is 0 Å². The molecule has 3 N–H and O–H groups in total. The lowest BCUT2D eigenvalue weighted by Gasteiger charge is -2.29. The predicted molar refractivity (Wildman–Crippen MR) is 91.5 cm³/mol. The van der Waals surface area contributed by atoms with Crippen molar-refractivity contribution in [1.82, 2.24) is 5.32 Å². The van der Waals surface area contributed by atoms with E-state index in [4.69, 9.17) is 5.14 Å². The number of rotatable bonds is 4. The third-order valence-corrected chi connectivity index (χ3v) is 5.46. The predicted octanol–water partition coefficient (Wildman–Crippen LogP) is 3.06. The number of hydrogen-bond acceptors (Lipinski definition) is 3. The Kier molecular flexibility index (Phi) is 4.53. The molecule has 2 aromatic rings. The van der Waals surface area contributed by atoms with E-state index >= 15 is 0 Å². The lowest BCUT2D eigenvalue weighted by atomic mass is 9.87. The number of nitrogens with one attached hydrogen (secondary N) is 1. The molecule has 5 heteroatoms. The first-order chi connectivity index (χ1) is 10.9. The van der Waals surface area contributed by atoms with E-state index < -0.39 is 10.0 Å². The first kappa shape index (κ1) is 16.2. The van der Waals surface area contributed by atoms with Gasteiger partial charge in [-0.05, 0) is 55.0 Å². The van der Waals surface area contributed by atoms with Crippen LogP contribution in [0.4, 0.5) is 0 Å². The van der Waals surface area contributed by atoms with Gasteiger partial charge in [-0.1, -0.05) is 36.4 Å². The van der Waals surface area contributed by atoms with Crippen molar-refractivity contribution in [2.75, 3.05) is 0 Å². The average molecular weight is 330 g/mol. The summed E-state index contributed by atoms with van der Waals surface area (Å²) in [6.45, 7) is 2.10. The molecule has 0 amide bonds. The van der Waals surface area contributed by atoms with Crippen molar-refractivity contribution in [2.45, 2.75) is 43.2 Å². The molecule has 0 aliphatic heterocycles. The zero-order valence-electron chi connectivity index (χ0n) is 13.2. The normalized spacial score (nSPS) is 19.1. The summed E-state index contributed by atoms with van der Waals surface area (Å²) in [5.74, 6) is 0. The van der Waals surface area contributed by atoms with Crippen LogP contribution in [0.3, 0.4) is 0 Å². The summed E-state index contributed by atoms with van der Waals surface area (Å²) >= 11 is 0. The highest BCUT2D eigenvalue weighted by Crippen LogP contribution is 2.31. The molecule has 0 heterocycles. The van der Waals surface area contributed by atoms with E-state index in [0.717, 1.165) is 18.4 Å². The minimum absolute atomic E-state index is 0.140. The Morgan fingerprint density at radius 1 is 1.13 bits per heavy atom. The molecule has 1 aliphatic rings. The maximum Gasteiger partial charge on any atom is 0.238 e. The summed E-state index contributed by atoms with van der Waals surface area (Å²) < 4.78 is 22.7. The summed E-state index contributed by atoms with van der Waals surface area (Å²) in [4.78, 5) is 0.150. The Morgan fingerprint density at radius 3 is 2.52 bits per heavy atom. The minimum Gasteiger partial charge on any atom is -0.303 e. The lowest BCUT2D eigenvalue weighted by Crippen LogP contribution is -2.27. The van der Waals surface area contributed by atoms with Gasteiger partial charge in [0.05, 0.1) is 4.90 Å². The molecule has 4 nitrogen and oxygen atoms in total. The summed E-state index contributed by atoms with van der Waals surface area (Å²) in [5.41, 5.74) is 3.86. The van der Waals surface area contributed by atoms with E-state index in [0.29, 0.717) is 6.04 Å². The average Bonchev–Trinajstić information content (AvgIpc) is 2.54. The van der Waals surface area contributed by atoms with Crippen molar-refractivity contribution < 1.29 is 8.42 Å². The van der Waals surface area contributed by atoms with Crippen LogP contribution in [0.15, 0.2) is 53.4 Å². The van der Waals surface area contributed by atoms with Crippen LogP contribution in [0.25, 0.3) is 0 Å². The molecule has 3 rings (SSSR count). The number of aryl methyl sites for hydroxylation is 1. The fourth-order valence-electron chi connectivity index (χ4n) is 3.27. The van der Waals surface area contributed by atoms with Gasteiger partial charge in [0.25, 0.3) is 0 Å². The summed E-state index contributed by atoms with van der Waals surface area (Å²) in [6.07, 6.45) is 3.45. The molecule has 0 unspecified atom stereocenters. The molecule has 122 valence electrons. The smallest absolute Gasteiger partial charge is 0.238 e. The largest absolute Gasteiger partial charge is 0.303 e. The van der Waals surface area contributed by atoms with Gasteiger partial charge < -0.3 is 5.32 Å². The molecule has 0 aromatic heterocycles. The summed E-state index contributed by atoms with van der Waals surface area (Å²) in [6, 6.07) is 15.8. The molecule has 0 saturated heterocycles. The molecular weight excluding hydrogens is 308 g/mol. The molecule has 0 radical (unpaired) electrons. The number of sulfonamides is 1. The number of hydrogen-bond donors (Lipinski definition) is 2. The van der Waals surface area contributed by atoms with E-state index in [1.165, 1.54) is 17.5 Å². The van der Waals surface area contributed by atoms with E-state index in [-0.39, 0.29) is 10.9 Å². The van der Waals surface area contributed by atoms with Crippen molar-refractivity contribution in [2.24, 2.45) is 5.14 Å². The Hall–Kier alpha value is -1.69. The highest BCUT2D eigenvalue weighted by molar-refractivity contribution is 7.89. The van der Waals surface area contributed by atoms with Crippen molar-refractivity contribution in [3.05, 3.63) is 65.2 Å². The molecule has 0 spiro atoms. The second kappa shape index (κ2) is 6.43. The molecule has 2 atom stereocenters. The molecule has 2 aromatic carbocycles. The van der Waals surface area contributed by atoms with Gasteiger partial charge in [-0.15, -0.1) is 0 Å². The molecule has 0 saturated carbocycles. The van der Waals surface area contributed by atoms with Crippen LogP contribution >= 0.6 is 0 Å². The topological polar surface area (TPSA) is 72.2 Å². The van der Waals surface area contributed by atoms with Crippen molar-refractivity contribution in [3.8, 4) is 0 Å². The fourth-order valence-corrected chi connectivity index (χ4v) is 3.79. The number of fused-ring (bicyclic) bond motifs is 1. The standard InChI is InChI=1S/C18H22N2O2S/c1-13(14-9-11-16(12-10-14)23(19,21)22)20-18-8-4-6-15-5-2-3-7-17(15)18/h2-3,5,7,9-13,18,20H,4,6,8H2,1H3,(H2,19,21,22)/t13-,18-/m0/s1. The van der Waals surface area contributed by atoms with Gasteiger partial charge in [-0.2, -0.15) is 0 Å². The second-order valence-electron chi connectivity index (χ2n) is 6.15. The van der Waals surface area contributed by atoms with E-state index in [1.54, 1.807) is 12.1 Å². The molecule has 0 fully saturated rings. The van der Waals surface area contributed by atoms with E-state index in [2.05, 4.69) is 36.5 Å².